The van der Waals surface area contributed by atoms with Gasteiger partial charge in [-0.25, -0.2) is 4.99 Å². The van der Waals surface area contributed by atoms with Gasteiger partial charge in [-0.3, -0.25) is 9.69 Å². The highest BCUT2D eigenvalue weighted by molar-refractivity contribution is 6.08. The fourth-order valence-corrected chi connectivity index (χ4v) is 6.47. The van der Waals surface area contributed by atoms with Gasteiger partial charge in [0.15, 0.2) is 11.5 Å². The van der Waals surface area contributed by atoms with Gasteiger partial charge in [-0.05, 0) is 81.0 Å². The number of guanidine groups is 1. The molecule has 1 amide bonds. The average Bonchev–Trinajstić information content (AvgIpc) is 3.24. The molecule has 0 saturated heterocycles. The normalized spacial score (nSPS) is 28.7. The van der Waals surface area contributed by atoms with E-state index in [0.717, 1.165) is 50.5 Å². The minimum absolute atomic E-state index is 0.0155. The molecule has 33 heavy (non-hydrogen) atoms. The van der Waals surface area contributed by atoms with Gasteiger partial charge in [0.05, 0.1) is 6.10 Å². The summed E-state index contributed by atoms with van der Waals surface area (Å²) in [6.45, 7) is 4.03. The van der Waals surface area contributed by atoms with Gasteiger partial charge >= 0.3 is 0 Å². The maximum absolute atomic E-state index is 14.2. The van der Waals surface area contributed by atoms with Gasteiger partial charge < -0.3 is 10.5 Å². The lowest BCUT2D eigenvalue weighted by Gasteiger charge is -2.45. The average molecular weight is 446 g/mol. The zero-order valence-corrected chi connectivity index (χ0v) is 20.0. The van der Waals surface area contributed by atoms with Crippen LogP contribution in [0.5, 0.6) is 0 Å². The van der Waals surface area contributed by atoms with Crippen molar-refractivity contribution in [2.24, 2.45) is 16.1 Å². The fraction of sp³-hybridized carbons (Fsp3) is 0.500. The molecular weight excluding hydrogens is 410 g/mol. The molecule has 2 aromatic rings. The highest BCUT2D eigenvalue weighted by Crippen LogP contribution is 2.62. The van der Waals surface area contributed by atoms with E-state index in [1.807, 2.05) is 13.8 Å². The number of hydrogen-bond donors (Lipinski definition) is 1. The van der Waals surface area contributed by atoms with Crippen LogP contribution in [-0.4, -0.2) is 36.0 Å². The molecule has 3 aliphatic rings. The Morgan fingerprint density at radius 1 is 1.09 bits per heavy atom. The zero-order chi connectivity index (χ0) is 23.2. The molecule has 5 heteroatoms. The van der Waals surface area contributed by atoms with E-state index >= 15 is 0 Å². The molecule has 174 valence electrons. The summed E-state index contributed by atoms with van der Waals surface area (Å²) in [5.41, 5.74) is 10.2. The summed E-state index contributed by atoms with van der Waals surface area (Å²) in [5, 5.41) is 0. The fourth-order valence-electron chi connectivity index (χ4n) is 6.47. The Kier molecular flexibility index (Phi) is 5.56. The molecule has 5 nitrogen and oxygen atoms in total. The third-order valence-electron chi connectivity index (χ3n) is 8.20. The van der Waals surface area contributed by atoms with Crippen molar-refractivity contribution in [2.75, 3.05) is 7.11 Å². The first-order chi connectivity index (χ1) is 15.9. The number of benzene rings is 2. The van der Waals surface area contributed by atoms with Gasteiger partial charge in [0.2, 0.25) is 0 Å². The molecule has 1 heterocycles. The van der Waals surface area contributed by atoms with E-state index in [1.54, 1.807) is 12.0 Å². The van der Waals surface area contributed by atoms with Crippen molar-refractivity contribution in [1.29, 1.82) is 0 Å². The molecule has 5 rings (SSSR count). The van der Waals surface area contributed by atoms with E-state index in [0.29, 0.717) is 5.96 Å². The highest BCUT2D eigenvalue weighted by atomic mass is 16.5. The molecule has 2 spiro atoms. The summed E-state index contributed by atoms with van der Waals surface area (Å²) in [6, 6.07) is 17.3. The van der Waals surface area contributed by atoms with Crippen molar-refractivity contribution in [2.45, 2.75) is 76.5 Å². The summed E-state index contributed by atoms with van der Waals surface area (Å²) in [6.07, 6.45) is 6.82. The van der Waals surface area contributed by atoms with Crippen LogP contribution in [0.3, 0.4) is 0 Å². The maximum atomic E-state index is 14.2. The summed E-state index contributed by atoms with van der Waals surface area (Å²) < 4.78 is 5.67. The summed E-state index contributed by atoms with van der Waals surface area (Å²) in [4.78, 5) is 20.9. The summed E-state index contributed by atoms with van der Waals surface area (Å²) in [5.74, 6) is 0.426. The second-order valence-electron chi connectivity index (χ2n) is 10.3. The molecule has 0 aromatic heterocycles. The van der Waals surface area contributed by atoms with Crippen LogP contribution in [0, 0.1) is 5.41 Å². The van der Waals surface area contributed by atoms with E-state index in [4.69, 9.17) is 15.5 Å². The largest absolute Gasteiger partial charge is 0.381 e. The maximum Gasteiger partial charge on any atom is 0.262 e. The number of nitrogens with zero attached hydrogens (tertiary/aromatic N) is 2. The number of aryl methyl sites for hydroxylation is 2. The van der Waals surface area contributed by atoms with Gasteiger partial charge in [-0.1, -0.05) is 48.5 Å². The second kappa shape index (κ2) is 8.28. The lowest BCUT2D eigenvalue weighted by molar-refractivity contribution is -0.139. The molecule has 1 fully saturated rings. The SMILES string of the molecule is CO[C@H]1CC[C@]2(CC1)Cc1ccc(CCc3ccccc3)cc1[C@@]21N=C(N)N(C(C)C)C1=O. The van der Waals surface area contributed by atoms with Crippen molar-refractivity contribution in [3.8, 4) is 0 Å². The Balaban J connectivity index is 1.55. The van der Waals surface area contributed by atoms with Crippen LogP contribution in [-0.2, 0) is 34.3 Å². The quantitative estimate of drug-likeness (QED) is 0.743. The molecule has 0 unspecified atom stereocenters. The van der Waals surface area contributed by atoms with E-state index in [2.05, 4.69) is 48.5 Å². The standard InChI is InChI=1S/C28H35N3O2/c1-19(2)31-25(32)28(30-26(31)29)24-17-21(10-9-20-7-5-4-6-8-20)11-12-22(24)18-27(28)15-13-23(33-3)14-16-27/h4-8,11-12,17,19,23H,9-10,13-16,18H2,1-3H3,(H2,29,30)/t23-,27-,28-/m0/s1. The van der Waals surface area contributed by atoms with Crippen LogP contribution >= 0.6 is 0 Å². The molecule has 1 atom stereocenters. The van der Waals surface area contributed by atoms with Gasteiger partial charge in [0.1, 0.15) is 0 Å². The van der Waals surface area contributed by atoms with Crippen molar-refractivity contribution in [1.82, 2.24) is 4.90 Å². The molecule has 0 radical (unpaired) electrons. The third-order valence-corrected chi connectivity index (χ3v) is 8.20. The third kappa shape index (κ3) is 3.40. The topological polar surface area (TPSA) is 67.9 Å². The molecule has 1 saturated carbocycles. The monoisotopic (exact) mass is 445 g/mol. The number of methoxy groups -OCH3 is 1. The zero-order valence-electron chi connectivity index (χ0n) is 20.0. The smallest absolute Gasteiger partial charge is 0.262 e. The second-order valence-corrected chi connectivity index (χ2v) is 10.3. The summed E-state index contributed by atoms with van der Waals surface area (Å²) >= 11 is 0. The number of nitrogens with two attached hydrogens (primary N) is 1. The van der Waals surface area contributed by atoms with E-state index in [-0.39, 0.29) is 23.5 Å². The van der Waals surface area contributed by atoms with Crippen LogP contribution in [0.1, 0.15) is 61.8 Å². The predicted octanol–water partition coefficient (Wildman–Crippen LogP) is 4.36. The summed E-state index contributed by atoms with van der Waals surface area (Å²) in [7, 11) is 1.79. The van der Waals surface area contributed by atoms with Crippen LogP contribution in [0.15, 0.2) is 53.5 Å². The van der Waals surface area contributed by atoms with E-state index < -0.39 is 5.54 Å². The highest BCUT2D eigenvalue weighted by Gasteiger charge is 2.66. The number of carbonyl (C=O) groups is 1. The first kappa shape index (κ1) is 22.1. The number of aliphatic imine (C=N–C) groups is 1. The van der Waals surface area contributed by atoms with Crippen molar-refractivity contribution in [3.05, 3.63) is 70.8 Å². The van der Waals surface area contributed by atoms with Crippen molar-refractivity contribution >= 4 is 11.9 Å². The minimum atomic E-state index is -0.905. The Labute approximate surface area is 197 Å². The molecule has 2 aliphatic carbocycles. The number of carbonyl (C=O) groups excluding carboxylic acids is 1. The number of hydrogen-bond acceptors (Lipinski definition) is 4. The van der Waals surface area contributed by atoms with Crippen LogP contribution < -0.4 is 5.73 Å². The molecule has 2 N–H and O–H groups in total. The minimum Gasteiger partial charge on any atom is -0.381 e. The Morgan fingerprint density at radius 3 is 2.42 bits per heavy atom. The van der Waals surface area contributed by atoms with Gasteiger partial charge in [0, 0.05) is 18.6 Å². The van der Waals surface area contributed by atoms with Crippen LogP contribution in [0.25, 0.3) is 0 Å². The van der Waals surface area contributed by atoms with E-state index in [1.165, 1.54) is 16.7 Å². The van der Waals surface area contributed by atoms with Gasteiger partial charge in [-0.2, -0.15) is 0 Å². The first-order valence-corrected chi connectivity index (χ1v) is 12.3. The number of ether oxygens (including phenoxy) is 1. The molecule has 2 aromatic carbocycles. The van der Waals surface area contributed by atoms with E-state index in [9.17, 15) is 4.79 Å². The lowest BCUT2D eigenvalue weighted by atomic mass is 9.61. The van der Waals surface area contributed by atoms with Gasteiger partial charge in [0.25, 0.3) is 5.91 Å². The predicted molar refractivity (Wildman–Crippen MR) is 131 cm³/mol. The number of amides is 1. The first-order valence-electron chi connectivity index (χ1n) is 12.3. The molecule has 0 bridgehead atoms. The Hall–Kier alpha value is -2.66. The van der Waals surface area contributed by atoms with Crippen LogP contribution in [0.2, 0.25) is 0 Å². The molecule has 1 aliphatic heterocycles. The Morgan fingerprint density at radius 2 is 1.79 bits per heavy atom. The number of fused-ring (bicyclic) bond motifs is 3. The number of rotatable bonds is 5. The Bertz CT molecular complexity index is 1070. The van der Waals surface area contributed by atoms with Gasteiger partial charge in [-0.15, -0.1) is 0 Å². The lowest BCUT2D eigenvalue weighted by Crippen LogP contribution is -2.53. The van der Waals surface area contributed by atoms with Crippen LogP contribution in [0.4, 0.5) is 0 Å². The molecular formula is C28H35N3O2. The van der Waals surface area contributed by atoms with Crippen molar-refractivity contribution < 1.29 is 9.53 Å². The van der Waals surface area contributed by atoms with Crippen molar-refractivity contribution in [3.63, 3.8) is 0 Å².